The monoisotopic (exact) mass is 460 g/mol. The molecule has 1 aliphatic heterocycles. The zero-order valence-corrected chi connectivity index (χ0v) is 19.7. The number of nitrogens with one attached hydrogen (secondary N) is 2. The number of benzene rings is 2. The second kappa shape index (κ2) is 9.47. The van der Waals surface area contributed by atoms with Crippen LogP contribution in [0.5, 0.6) is 11.5 Å². The average molecular weight is 461 g/mol. The van der Waals surface area contributed by atoms with Gasteiger partial charge in [0.2, 0.25) is 0 Å². The van der Waals surface area contributed by atoms with Gasteiger partial charge in [0.05, 0.1) is 19.4 Å². The van der Waals surface area contributed by atoms with E-state index < -0.39 is 11.5 Å². The van der Waals surface area contributed by atoms with Gasteiger partial charge in [0, 0.05) is 23.6 Å². The van der Waals surface area contributed by atoms with Gasteiger partial charge in [-0.3, -0.25) is 9.59 Å². The Morgan fingerprint density at radius 3 is 2.65 bits per heavy atom. The van der Waals surface area contributed by atoms with Crippen molar-refractivity contribution in [3.05, 3.63) is 89.0 Å². The number of methoxy groups -OCH3 is 1. The second-order valence-electron chi connectivity index (χ2n) is 8.89. The van der Waals surface area contributed by atoms with E-state index in [1.807, 2.05) is 45.0 Å². The van der Waals surface area contributed by atoms with Gasteiger partial charge in [0.25, 0.3) is 11.8 Å². The highest BCUT2D eigenvalue weighted by Crippen LogP contribution is 2.41. The Hall–Kier alpha value is -4.00. The Balaban J connectivity index is 1.63. The van der Waals surface area contributed by atoms with E-state index in [9.17, 15) is 9.59 Å². The van der Waals surface area contributed by atoms with E-state index >= 15 is 0 Å². The van der Waals surface area contributed by atoms with Crippen molar-refractivity contribution in [1.82, 2.24) is 10.6 Å². The van der Waals surface area contributed by atoms with Crippen LogP contribution < -0.4 is 20.1 Å². The number of furan rings is 1. The van der Waals surface area contributed by atoms with E-state index in [0.29, 0.717) is 29.2 Å². The van der Waals surface area contributed by atoms with Crippen LogP contribution in [0, 0.1) is 6.92 Å². The maximum absolute atomic E-state index is 13.4. The summed E-state index contributed by atoms with van der Waals surface area (Å²) in [5.74, 6) is 0.979. The maximum Gasteiger partial charge on any atom is 0.268 e. The summed E-state index contributed by atoms with van der Waals surface area (Å²) in [4.78, 5) is 26.4. The molecule has 2 N–H and O–H groups in total. The lowest BCUT2D eigenvalue weighted by Gasteiger charge is -2.38. The molecule has 0 unspecified atom stereocenters. The predicted molar refractivity (Wildman–Crippen MR) is 129 cm³/mol. The van der Waals surface area contributed by atoms with E-state index in [-0.39, 0.29) is 17.6 Å². The number of carbonyl (C=O) groups excluding carboxylic acids is 2. The van der Waals surface area contributed by atoms with Crippen LogP contribution in [0.25, 0.3) is 6.08 Å². The summed E-state index contributed by atoms with van der Waals surface area (Å²) in [6.45, 7) is 5.85. The Kier molecular flexibility index (Phi) is 6.45. The molecule has 1 aliphatic rings. The van der Waals surface area contributed by atoms with Gasteiger partial charge < -0.3 is 24.5 Å². The topological polar surface area (TPSA) is 89.8 Å². The summed E-state index contributed by atoms with van der Waals surface area (Å²) >= 11 is 0. The molecule has 1 atom stereocenters. The van der Waals surface area contributed by atoms with Crippen LogP contribution in [0.2, 0.25) is 0 Å². The fourth-order valence-electron chi connectivity index (χ4n) is 3.98. The van der Waals surface area contributed by atoms with E-state index in [1.54, 1.807) is 37.4 Å². The molecule has 7 heteroatoms. The van der Waals surface area contributed by atoms with Gasteiger partial charge in [-0.1, -0.05) is 17.7 Å². The lowest BCUT2D eigenvalue weighted by Crippen LogP contribution is -2.43. The highest BCUT2D eigenvalue weighted by Gasteiger charge is 2.35. The number of carbonyl (C=O) groups is 2. The fourth-order valence-corrected chi connectivity index (χ4v) is 3.98. The van der Waals surface area contributed by atoms with Crippen LogP contribution in [-0.4, -0.2) is 24.5 Å². The third-order valence-corrected chi connectivity index (χ3v) is 5.58. The van der Waals surface area contributed by atoms with Crippen molar-refractivity contribution >= 4 is 17.9 Å². The van der Waals surface area contributed by atoms with Crippen molar-refractivity contribution in [3.63, 3.8) is 0 Å². The van der Waals surface area contributed by atoms with E-state index in [0.717, 1.165) is 11.1 Å². The molecule has 0 saturated heterocycles. The minimum absolute atomic E-state index is 0.0789. The van der Waals surface area contributed by atoms with Crippen LogP contribution >= 0.6 is 0 Å². The van der Waals surface area contributed by atoms with Gasteiger partial charge >= 0.3 is 0 Å². The van der Waals surface area contributed by atoms with E-state index in [1.165, 1.54) is 12.3 Å². The molecule has 4 rings (SSSR count). The van der Waals surface area contributed by atoms with Crippen molar-refractivity contribution < 1.29 is 23.5 Å². The quantitative estimate of drug-likeness (QED) is 0.517. The van der Waals surface area contributed by atoms with Crippen LogP contribution in [0.3, 0.4) is 0 Å². The molecular weight excluding hydrogens is 432 g/mol. The molecule has 0 fully saturated rings. The van der Waals surface area contributed by atoms with Crippen LogP contribution in [0.4, 0.5) is 0 Å². The van der Waals surface area contributed by atoms with Gasteiger partial charge in [-0.2, -0.15) is 0 Å². The highest BCUT2D eigenvalue weighted by atomic mass is 16.5. The standard InChI is InChI=1S/C27H28N2O5/c1-17-7-5-8-18(13-17)25(30)28-22(15-20-9-6-12-33-20)26(31)29-23-16-27(2,3)34-24-11-10-19(32-4)14-21(23)24/h5-15,23H,16H2,1-4H3,(H,28,30)(H,29,31)/b22-15-/t23-/m0/s1. The van der Waals surface area contributed by atoms with E-state index in [4.69, 9.17) is 13.9 Å². The van der Waals surface area contributed by atoms with Crippen LogP contribution in [0.1, 0.15) is 53.6 Å². The molecule has 2 amide bonds. The van der Waals surface area contributed by atoms with Gasteiger partial charge in [0.1, 0.15) is 28.6 Å². The summed E-state index contributed by atoms with van der Waals surface area (Å²) in [6, 6.07) is 15.8. The Morgan fingerprint density at radius 1 is 1.12 bits per heavy atom. The SMILES string of the molecule is COc1ccc2c(c1)[C@@H](NC(=O)/C(=C/c1ccco1)NC(=O)c1cccc(C)c1)CC(C)(C)O2. The molecule has 1 aromatic heterocycles. The van der Waals surface area contributed by atoms with Crippen molar-refractivity contribution in [1.29, 1.82) is 0 Å². The van der Waals surface area contributed by atoms with Gasteiger partial charge in [-0.05, 0) is 63.2 Å². The third kappa shape index (κ3) is 5.31. The summed E-state index contributed by atoms with van der Waals surface area (Å²) in [7, 11) is 1.59. The maximum atomic E-state index is 13.4. The highest BCUT2D eigenvalue weighted by molar-refractivity contribution is 6.05. The largest absolute Gasteiger partial charge is 0.497 e. The normalized spacial score (nSPS) is 16.7. The molecular formula is C27H28N2O5. The van der Waals surface area contributed by atoms with Crippen molar-refractivity contribution in [3.8, 4) is 11.5 Å². The molecule has 0 saturated carbocycles. The first-order valence-electron chi connectivity index (χ1n) is 11.0. The van der Waals surface area contributed by atoms with Crippen LogP contribution in [-0.2, 0) is 4.79 Å². The Labute approximate surface area is 198 Å². The number of aryl methyl sites for hydroxylation is 1. The van der Waals surface area contributed by atoms with Gasteiger partial charge in [-0.15, -0.1) is 0 Å². The number of amides is 2. The third-order valence-electron chi connectivity index (χ3n) is 5.58. The predicted octanol–water partition coefficient (Wildman–Crippen LogP) is 4.79. The summed E-state index contributed by atoms with van der Waals surface area (Å²) < 4.78 is 16.9. The fraction of sp³-hybridized carbons (Fsp3) is 0.259. The lowest BCUT2D eigenvalue weighted by atomic mass is 9.89. The number of fused-ring (bicyclic) bond motifs is 1. The first-order valence-corrected chi connectivity index (χ1v) is 11.0. The summed E-state index contributed by atoms with van der Waals surface area (Å²) in [6.07, 6.45) is 3.56. The lowest BCUT2D eigenvalue weighted by molar-refractivity contribution is -0.119. The molecule has 0 spiro atoms. The van der Waals surface area contributed by atoms with Crippen molar-refractivity contribution in [2.75, 3.05) is 7.11 Å². The molecule has 176 valence electrons. The molecule has 2 aromatic carbocycles. The summed E-state index contributed by atoms with van der Waals surface area (Å²) in [5.41, 5.74) is 1.81. The van der Waals surface area contributed by atoms with E-state index in [2.05, 4.69) is 10.6 Å². The Morgan fingerprint density at radius 2 is 1.94 bits per heavy atom. The first-order chi connectivity index (χ1) is 16.2. The van der Waals surface area contributed by atoms with Crippen LogP contribution in [0.15, 0.2) is 71.0 Å². The van der Waals surface area contributed by atoms with Gasteiger partial charge in [-0.25, -0.2) is 0 Å². The Bertz CT molecular complexity index is 1230. The average Bonchev–Trinajstić information content (AvgIpc) is 3.31. The molecule has 34 heavy (non-hydrogen) atoms. The number of rotatable bonds is 6. The van der Waals surface area contributed by atoms with Crippen molar-refractivity contribution in [2.24, 2.45) is 0 Å². The molecule has 0 bridgehead atoms. The second-order valence-corrected chi connectivity index (χ2v) is 8.89. The summed E-state index contributed by atoms with van der Waals surface area (Å²) in [5, 5.41) is 5.81. The molecule has 3 aromatic rings. The minimum Gasteiger partial charge on any atom is -0.497 e. The molecule has 2 heterocycles. The first kappa shape index (κ1) is 23.2. The zero-order valence-electron chi connectivity index (χ0n) is 19.7. The molecule has 7 nitrogen and oxygen atoms in total. The van der Waals surface area contributed by atoms with Gasteiger partial charge in [0.15, 0.2) is 0 Å². The number of hydrogen-bond donors (Lipinski definition) is 2. The number of ether oxygens (including phenoxy) is 2. The molecule has 0 radical (unpaired) electrons. The van der Waals surface area contributed by atoms with Crippen molar-refractivity contribution in [2.45, 2.75) is 38.8 Å². The molecule has 0 aliphatic carbocycles. The zero-order chi connectivity index (χ0) is 24.3. The number of hydrogen-bond acceptors (Lipinski definition) is 5. The minimum atomic E-state index is -0.491. The smallest absolute Gasteiger partial charge is 0.268 e.